The van der Waals surface area contributed by atoms with Crippen LogP contribution in [0.3, 0.4) is 0 Å². The zero-order chi connectivity index (χ0) is 21.4. The lowest BCUT2D eigenvalue weighted by Crippen LogP contribution is -2.32. The highest BCUT2D eigenvalue weighted by Crippen LogP contribution is 2.26. The van der Waals surface area contributed by atoms with Crippen LogP contribution < -0.4 is 0 Å². The fourth-order valence-electron chi connectivity index (χ4n) is 2.59. The molecular formula is C21H19F3O5. The van der Waals surface area contributed by atoms with Crippen LogP contribution in [-0.2, 0) is 14.3 Å². The lowest BCUT2D eigenvalue weighted by atomic mass is 10.1. The molecule has 0 heterocycles. The second-order valence-corrected chi connectivity index (χ2v) is 6.36. The summed E-state index contributed by atoms with van der Waals surface area (Å²) in [4.78, 5) is 36.1. The molecule has 154 valence electrons. The summed E-state index contributed by atoms with van der Waals surface area (Å²) >= 11 is 0. The van der Waals surface area contributed by atoms with Gasteiger partial charge in [-0.05, 0) is 19.1 Å². The quantitative estimate of drug-likeness (QED) is 0.369. The summed E-state index contributed by atoms with van der Waals surface area (Å²) in [7, 11) is 0. The molecule has 0 bridgehead atoms. The molecule has 0 amide bonds. The number of esters is 2. The molecule has 2 atom stereocenters. The van der Waals surface area contributed by atoms with Gasteiger partial charge in [0, 0.05) is 12.0 Å². The third-order valence-corrected chi connectivity index (χ3v) is 3.87. The molecule has 29 heavy (non-hydrogen) atoms. The van der Waals surface area contributed by atoms with E-state index in [0.29, 0.717) is 0 Å². The van der Waals surface area contributed by atoms with E-state index in [9.17, 15) is 27.6 Å². The molecule has 0 saturated carbocycles. The van der Waals surface area contributed by atoms with Gasteiger partial charge in [-0.15, -0.1) is 0 Å². The van der Waals surface area contributed by atoms with Crippen molar-refractivity contribution in [3.8, 4) is 0 Å². The monoisotopic (exact) mass is 408 g/mol. The first kappa shape index (κ1) is 22.1. The summed E-state index contributed by atoms with van der Waals surface area (Å²) in [6.07, 6.45) is -9.16. The number of benzene rings is 2. The Morgan fingerprint density at radius 3 is 1.90 bits per heavy atom. The zero-order valence-electron chi connectivity index (χ0n) is 15.5. The van der Waals surface area contributed by atoms with Gasteiger partial charge in [-0.2, -0.15) is 13.2 Å². The van der Waals surface area contributed by atoms with E-state index >= 15 is 0 Å². The first-order chi connectivity index (χ1) is 13.7. The minimum atomic E-state index is -4.64. The Labute approximate surface area is 165 Å². The van der Waals surface area contributed by atoms with Crippen molar-refractivity contribution in [1.82, 2.24) is 0 Å². The van der Waals surface area contributed by atoms with Crippen molar-refractivity contribution in [3.63, 3.8) is 0 Å². The minimum absolute atomic E-state index is 0.00631. The number of carbonyl (C=O) groups excluding carboxylic acids is 3. The van der Waals surface area contributed by atoms with E-state index < -0.39 is 48.9 Å². The van der Waals surface area contributed by atoms with Crippen LogP contribution in [0.15, 0.2) is 60.7 Å². The predicted molar refractivity (Wildman–Crippen MR) is 97.3 cm³/mol. The van der Waals surface area contributed by atoms with E-state index in [0.717, 1.165) is 0 Å². The van der Waals surface area contributed by atoms with Crippen molar-refractivity contribution in [2.75, 3.05) is 0 Å². The van der Waals surface area contributed by atoms with Crippen molar-refractivity contribution >= 4 is 17.7 Å². The first-order valence-electron chi connectivity index (χ1n) is 8.79. The van der Waals surface area contributed by atoms with Gasteiger partial charge in [0.25, 0.3) is 5.78 Å². The molecule has 0 spiro atoms. The summed E-state index contributed by atoms with van der Waals surface area (Å²) in [5, 5.41) is 0. The Morgan fingerprint density at radius 2 is 1.38 bits per heavy atom. The van der Waals surface area contributed by atoms with Crippen LogP contribution in [0.5, 0.6) is 0 Å². The lowest BCUT2D eigenvalue weighted by molar-refractivity contribution is -0.172. The molecule has 0 saturated heterocycles. The van der Waals surface area contributed by atoms with Gasteiger partial charge < -0.3 is 9.47 Å². The van der Waals surface area contributed by atoms with Crippen LogP contribution in [0.4, 0.5) is 13.2 Å². The average molecular weight is 408 g/mol. The molecule has 2 rings (SSSR count). The summed E-state index contributed by atoms with van der Waals surface area (Å²) < 4.78 is 48.5. The van der Waals surface area contributed by atoms with Crippen LogP contribution in [0, 0.1) is 0 Å². The largest absolute Gasteiger partial charge is 0.459 e. The van der Waals surface area contributed by atoms with Gasteiger partial charge in [0.1, 0.15) is 12.2 Å². The van der Waals surface area contributed by atoms with E-state index in [4.69, 9.17) is 9.47 Å². The van der Waals surface area contributed by atoms with Crippen molar-refractivity contribution in [2.24, 2.45) is 0 Å². The minimum Gasteiger partial charge on any atom is -0.459 e. The van der Waals surface area contributed by atoms with Crippen molar-refractivity contribution in [3.05, 3.63) is 71.8 Å². The number of Topliss-reactive ketones (excluding diaryl/α,β-unsaturated/α-hetero) is 1. The van der Waals surface area contributed by atoms with Crippen molar-refractivity contribution < 1.29 is 37.0 Å². The molecule has 2 aromatic rings. The van der Waals surface area contributed by atoms with E-state index in [1.165, 1.54) is 43.3 Å². The van der Waals surface area contributed by atoms with E-state index in [1.54, 1.807) is 24.3 Å². The van der Waals surface area contributed by atoms with E-state index in [1.807, 2.05) is 0 Å². The molecule has 0 aromatic heterocycles. The Hall–Kier alpha value is -3.16. The smallest absolute Gasteiger partial charge is 0.392 e. The van der Waals surface area contributed by atoms with Gasteiger partial charge in [-0.25, -0.2) is 9.59 Å². The summed E-state index contributed by atoms with van der Waals surface area (Å²) in [6.45, 7) is 1.39. The fraction of sp³-hybridized carbons (Fsp3) is 0.286. The molecular weight excluding hydrogens is 389 g/mol. The maximum atomic E-state index is 12.9. The second kappa shape index (κ2) is 9.86. The number of rotatable bonds is 8. The summed E-state index contributed by atoms with van der Waals surface area (Å²) in [5.41, 5.74) is 0.245. The number of hydrogen-bond donors (Lipinski definition) is 0. The normalized spacial score (nSPS) is 13.2. The van der Waals surface area contributed by atoms with Gasteiger partial charge >= 0.3 is 18.1 Å². The van der Waals surface area contributed by atoms with E-state index in [2.05, 4.69) is 0 Å². The fourth-order valence-corrected chi connectivity index (χ4v) is 2.59. The van der Waals surface area contributed by atoms with Gasteiger partial charge in [-0.3, -0.25) is 4.79 Å². The number of ketones is 1. The van der Waals surface area contributed by atoms with Gasteiger partial charge in [-0.1, -0.05) is 48.5 Å². The van der Waals surface area contributed by atoms with Crippen LogP contribution in [0.25, 0.3) is 0 Å². The third-order valence-electron chi connectivity index (χ3n) is 3.87. The van der Waals surface area contributed by atoms with Crippen LogP contribution in [0.2, 0.25) is 0 Å². The molecule has 2 aromatic carbocycles. The highest BCUT2D eigenvalue weighted by Gasteiger charge is 2.36. The van der Waals surface area contributed by atoms with Crippen LogP contribution >= 0.6 is 0 Å². The highest BCUT2D eigenvalue weighted by atomic mass is 19.4. The number of alkyl halides is 3. The van der Waals surface area contributed by atoms with Crippen LogP contribution in [0.1, 0.15) is 40.5 Å². The Morgan fingerprint density at radius 1 is 0.862 bits per heavy atom. The number of hydrogen-bond acceptors (Lipinski definition) is 5. The van der Waals surface area contributed by atoms with Crippen molar-refractivity contribution in [1.29, 1.82) is 0 Å². The summed E-state index contributed by atoms with van der Waals surface area (Å²) in [6, 6.07) is 15.3. The highest BCUT2D eigenvalue weighted by molar-refractivity contribution is 6.40. The SMILES string of the molecule is CC(CC(CC(F)(F)F)OC(=O)C(=O)c1ccccc1)OC(=O)c1ccccc1. The molecule has 0 radical (unpaired) electrons. The Kier molecular flexibility index (Phi) is 7.52. The molecule has 5 nitrogen and oxygen atoms in total. The maximum Gasteiger partial charge on any atom is 0.392 e. The molecule has 0 fully saturated rings. The standard InChI is InChI=1S/C21H19F3O5/c1-14(28-19(26)16-10-6-3-7-11-16)12-17(13-21(22,23)24)29-20(27)18(25)15-8-4-2-5-9-15/h2-11,14,17H,12-13H2,1H3. The maximum absolute atomic E-state index is 12.9. The average Bonchev–Trinajstić information content (AvgIpc) is 2.67. The van der Waals surface area contributed by atoms with Crippen molar-refractivity contribution in [2.45, 2.75) is 38.1 Å². The molecule has 0 aliphatic carbocycles. The Balaban J connectivity index is 2.02. The number of ether oxygens (including phenoxy) is 2. The predicted octanol–water partition coefficient (Wildman–Crippen LogP) is 4.37. The second-order valence-electron chi connectivity index (χ2n) is 6.36. The van der Waals surface area contributed by atoms with Gasteiger partial charge in [0.2, 0.25) is 0 Å². The number of carbonyl (C=O) groups is 3. The number of halogens is 3. The topological polar surface area (TPSA) is 69.7 Å². The summed E-state index contributed by atoms with van der Waals surface area (Å²) in [5.74, 6) is -3.16. The molecule has 0 aliphatic heterocycles. The van der Waals surface area contributed by atoms with Crippen LogP contribution in [-0.4, -0.2) is 36.1 Å². The molecule has 0 aliphatic rings. The lowest BCUT2D eigenvalue weighted by Gasteiger charge is -2.22. The molecule has 0 N–H and O–H groups in total. The zero-order valence-corrected chi connectivity index (χ0v) is 15.5. The first-order valence-corrected chi connectivity index (χ1v) is 8.79. The molecule has 2 unspecified atom stereocenters. The van der Waals surface area contributed by atoms with Gasteiger partial charge in [0.05, 0.1) is 12.0 Å². The Bertz CT molecular complexity index is 834. The third kappa shape index (κ3) is 7.40. The van der Waals surface area contributed by atoms with E-state index in [-0.39, 0.29) is 11.1 Å². The van der Waals surface area contributed by atoms with Gasteiger partial charge in [0.15, 0.2) is 0 Å². The molecule has 8 heteroatoms.